The van der Waals surface area contributed by atoms with Gasteiger partial charge >= 0.3 is 0 Å². The molecule has 2 aromatic heterocycles. The van der Waals surface area contributed by atoms with Gasteiger partial charge in [-0.15, -0.1) is 0 Å². The fourth-order valence-electron chi connectivity index (χ4n) is 3.10. The second-order valence-electron chi connectivity index (χ2n) is 6.44. The van der Waals surface area contributed by atoms with E-state index >= 15 is 0 Å². The Morgan fingerprint density at radius 2 is 2.00 bits per heavy atom. The Morgan fingerprint density at radius 1 is 1.19 bits per heavy atom. The molecule has 0 saturated heterocycles. The van der Waals surface area contributed by atoms with E-state index in [0.717, 1.165) is 17.1 Å². The number of aromatic nitrogens is 4. The van der Waals surface area contributed by atoms with Crippen molar-refractivity contribution >= 4 is 17.0 Å². The highest BCUT2D eigenvalue weighted by molar-refractivity contribution is 5.83. The van der Waals surface area contributed by atoms with E-state index in [1.165, 1.54) is 6.33 Å². The third-order valence-electron chi connectivity index (χ3n) is 4.39. The zero-order chi connectivity index (χ0) is 18.8. The van der Waals surface area contributed by atoms with Crippen LogP contribution in [0, 0.1) is 0 Å². The smallest absolute Gasteiger partial charge is 0.165 e. The van der Waals surface area contributed by atoms with Crippen LogP contribution in [0.4, 0.5) is 5.82 Å². The Morgan fingerprint density at radius 3 is 2.81 bits per heavy atom. The van der Waals surface area contributed by atoms with Gasteiger partial charge in [-0.25, -0.2) is 15.0 Å². The topological polar surface area (TPSA) is 106 Å². The normalized spacial score (nSPS) is 14.3. The number of aliphatic hydroxyl groups is 2. The van der Waals surface area contributed by atoms with E-state index in [1.807, 2.05) is 30.1 Å². The Balaban J connectivity index is 1.58. The quantitative estimate of drug-likeness (QED) is 0.648. The molecule has 0 aliphatic carbocycles. The number of aliphatic hydroxyl groups excluding tert-OH is 2. The molecule has 0 saturated carbocycles. The Kier molecular flexibility index (Phi) is 4.78. The monoisotopic (exact) mass is 371 g/mol. The van der Waals surface area contributed by atoms with Crippen molar-refractivity contribution in [3.63, 3.8) is 0 Å². The first kappa shape index (κ1) is 17.5. The van der Waals surface area contributed by atoms with Crippen LogP contribution in [0.3, 0.4) is 0 Å². The van der Waals surface area contributed by atoms with Gasteiger partial charge in [-0.3, -0.25) is 0 Å². The number of fused-ring (bicyclic) bond motifs is 2. The first-order valence-electron chi connectivity index (χ1n) is 8.70. The standard InChI is InChI=1S/C18H21N5O4/c1-22(7-12-2-3-14-15(6-12)27-5-4-26-14)17-16-18(20-10-19-17)23(11-21-16)8-13(25)9-24/h2-3,6,10-11,13,24-25H,4-5,7-9H2,1H3. The lowest BCUT2D eigenvalue weighted by Gasteiger charge is -2.21. The molecule has 4 rings (SSSR count). The summed E-state index contributed by atoms with van der Waals surface area (Å²) in [6.45, 7) is 1.63. The molecular formula is C18H21N5O4. The fraction of sp³-hybridized carbons (Fsp3) is 0.389. The molecule has 0 fully saturated rings. The Bertz CT molecular complexity index is 945. The maximum Gasteiger partial charge on any atom is 0.165 e. The maximum absolute atomic E-state index is 9.68. The minimum atomic E-state index is -0.865. The number of benzene rings is 1. The first-order valence-corrected chi connectivity index (χ1v) is 8.70. The van der Waals surface area contributed by atoms with Crippen LogP contribution in [-0.4, -0.2) is 62.7 Å². The van der Waals surface area contributed by atoms with Crippen LogP contribution in [0.15, 0.2) is 30.9 Å². The zero-order valence-electron chi connectivity index (χ0n) is 14.9. The zero-order valence-corrected chi connectivity index (χ0v) is 14.9. The number of anilines is 1. The predicted octanol–water partition coefficient (Wildman–Crippen LogP) is 0.587. The largest absolute Gasteiger partial charge is 0.486 e. The summed E-state index contributed by atoms with van der Waals surface area (Å²) in [5.41, 5.74) is 2.31. The van der Waals surface area contributed by atoms with Gasteiger partial charge < -0.3 is 29.2 Å². The van der Waals surface area contributed by atoms with Crippen LogP contribution in [-0.2, 0) is 13.1 Å². The van der Waals surface area contributed by atoms with E-state index < -0.39 is 6.10 Å². The van der Waals surface area contributed by atoms with Crippen LogP contribution in [0.2, 0.25) is 0 Å². The number of ether oxygens (including phenoxy) is 2. The van der Waals surface area contributed by atoms with Crippen LogP contribution in [0.5, 0.6) is 11.5 Å². The lowest BCUT2D eigenvalue weighted by atomic mass is 10.2. The molecule has 1 atom stereocenters. The summed E-state index contributed by atoms with van der Waals surface area (Å²) in [5.74, 6) is 2.20. The van der Waals surface area contributed by atoms with Gasteiger partial charge in [-0.2, -0.15) is 0 Å². The number of hydrogen-bond acceptors (Lipinski definition) is 8. The van der Waals surface area contributed by atoms with Crippen molar-refractivity contribution in [2.75, 3.05) is 31.8 Å². The summed E-state index contributed by atoms with van der Waals surface area (Å²) in [4.78, 5) is 15.0. The average Bonchev–Trinajstić information content (AvgIpc) is 3.10. The molecule has 0 spiro atoms. The van der Waals surface area contributed by atoms with E-state index in [1.54, 1.807) is 10.9 Å². The van der Waals surface area contributed by atoms with Gasteiger partial charge in [-0.1, -0.05) is 6.07 Å². The lowest BCUT2D eigenvalue weighted by molar-refractivity contribution is 0.0820. The Labute approximate surface area is 155 Å². The molecule has 1 aliphatic rings. The van der Waals surface area contributed by atoms with Crippen molar-refractivity contribution in [3.05, 3.63) is 36.4 Å². The van der Waals surface area contributed by atoms with Gasteiger partial charge in [0.25, 0.3) is 0 Å². The molecule has 142 valence electrons. The minimum Gasteiger partial charge on any atom is -0.486 e. The molecule has 1 unspecified atom stereocenters. The summed E-state index contributed by atoms with van der Waals surface area (Å²) >= 11 is 0. The second kappa shape index (κ2) is 7.37. The third-order valence-corrected chi connectivity index (χ3v) is 4.39. The number of imidazole rings is 1. The van der Waals surface area contributed by atoms with Crippen molar-refractivity contribution in [2.45, 2.75) is 19.2 Å². The van der Waals surface area contributed by atoms with E-state index in [2.05, 4.69) is 15.0 Å². The minimum absolute atomic E-state index is 0.218. The summed E-state index contributed by atoms with van der Waals surface area (Å²) in [6, 6.07) is 5.89. The van der Waals surface area contributed by atoms with Gasteiger partial charge in [0.05, 0.1) is 25.6 Å². The van der Waals surface area contributed by atoms with Gasteiger partial charge in [0.15, 0.2) is 28.5 Å². The average molecular weight is 371 g/mol. The van der Waals surface area contributed by atoms with Gasteiger partial charge in [0.2, 0.25) is 0 Å². The fourth-order valence-corrected chi connectivity index (χ4v) is 3.10. The molecule has 3 heterocycles. The first-order chi connectivity index (χ1) is 13.2. The molecule has 3 aromatic rings. The van der Waals surface area contributed by atoms with E-state index in [9.17, 15) is 5.11 Å². The third kappa shape index (κ3) is 3.51. The maximum atomic E-state index is 9.68. The molecule has 9 heteroatoms. The lowest BCUT2D eigenvalue weighted by Crippen LogP contribution is -2.20. The molecule has 2 N–H and O–H groups in total. The molecule has 27 heavy (non-hydrogen) atoms. The van der Waals surface area contributed by atoms with Crippen molar-refractivity contribution < 1.29 is 19.7 Å². The Hall–Kier alpha value is -2.91. The van der Waals surface area contributed by atoms with Gasteiger partial charge in [-0.05, 0) is 17.7 Å². The van der Waals surface area contributed by atoms with Crippen molar-refractivity contribution in [1.29, 1.82) is 0 Å². The van der Waals surface area contributed by atoms with E-state index in [-0.39, 0.29) is 13.2 Å². The summed E-state index contributed by atoms with van der Waals surface area (Å²) in [5, 5.41) is 18.7. The highest BCUT2D eigenvalue weighted by atomic mass is 16.6. The van der Waals surface area contributed by atoms with E-state index in [4.69, 9.17) is 14.6 Å². The van der Waals surface area contributed by atoms with Gasteiger partial charge in [0, 0.05) is 13.6 Å². The summed E-state index contributed by atoms with van der Waals surface area (Å²) in [7, 11) is 1.93. The molecule has 9 nitrogen and oxygen atoms in total. The number of rotatable bonds is 6. The molecule has 1 aromatic carbocycles. The molecular weight excluding hydrogens is 350 g/mol. The molecule has 0 bridgehead atoms. The molecule has 1 aliphatic heterocycles. The highest BCUT2D eigenvalue weighted by Crippen LogP contribution is 2.31. The van der Waals surface area contributed by atoms with Gasteiger partial charge in [0.1, 0.15) is 19.5 Å². The predicted molar refractivity (Wildman–Crippen MR) is 98.0 cm³/mol. The van der Waals surface area contributed by atoms with Crippen LogP contribution < -0.4 is 14.4 Å². The summed E-state index contributed by atoms with van der Waals surface area (Å²) in [6.07, 6.45) is 2.21. The van der Waals surface area contributed by atoms with Crippen molar-refractivity contribution in [1.82, 2.24) is 19.5 Å². The highest BCUT2D eigenvalue weighted by Gasteiger charge is 2.17. The van der Waals surface area contributed by atoms with Crippen LogP contribution >= 0.6 is 0 Å². The molecule has 0 amide bonds. The van der Waals surface area contributed by atoms with Crippen molar-refractivity contribution in [2.24, 2.45) is 0 Å². The van der Waals surface area contributed by atoms with E-state index in [0.29, 0.717) is 36.7 Å². The number of nitrogens with zero attached hydrogens (tertiary/aromatic N) is 5. The summed E-state index contributed by atoms with van der Waals surface area (Å²) < 4.78 is 12.9. The molecule has 0 radical (unpaired) electrons. The SMILES string of the molecule is CN(Cc1ccc2c(c1)OCCO2)c1ncnc2c1ncn2CC(O)CO. The van der Waals surface area contributed by atoms with Crippen molar-refractivity contribution in [3.8, 4) is 11.5 Å². The second-order valence-corrected chi connectivity index (χ2v) is 6.44. The van der Waals surface area contributed by atoms with Crippen LogP contribution in [0.1, 0.15) is 5.56 Å². The number of hydrogen-bond donors (Lipinski definition) is 2. The van der Waals surface area contributed by atoms with Crippen LogP contribution in [0.25, 0.3) is 11.2 Å².